The van der Waals surface area contributed by atoms with E-state index in [9.17, 15) is 4.79 Å². The molecule has 5 heteroatoms. The summed E-state index contributed by atoms with van der Waals surface area (Å²) < 4.78 is 0. The summed E-state index contributed by atoms with van der Waals surface area (Å²) in [6, 6.07) is 5.83. The maximum Gasteiger partial charge on any atom is 0.239 e. The quantitative estimate of drug-likeness (QED) is 0.866. The summed E-state index contributed by atoms with van der Waals surface area (Å²) in [4.78, 5) is 20.9. The Kier molecular flexibility index (Phi) is 5.09. The zero-order chi connectivity index (χ0) is 14.5. The molecule has 0 bridgehead atoms. The molecule has 0 unspecified atom stereocenters. The van der Waals surface area contributed by atoms with Crippen molar-refractivity contribution in [1.82, 2.24) is 14.8 Å². The molecule has 1 aliphatic rings. The van der Waals surface area contributed by atoms with E-state index < -0.39 is 0 Å². The predicted octanol–water partition coefficient (Wildman–Crippen LogP) is 0.852. The van der Waals surface area contributed by atoms with Crippen LogP contribution in [0.4, 0.5) is 0 Å². The average molecular weight is 276 g/mol. The number of hydrogen-bond acceptors (Lipinski definition) is 4. The summed E-state index contributed by atoms with van der Waals surface area (Å²) in [5, 5.41) is 0. The second-order valence-corrected chi connectivity index (χ2v) is 5.27. The van der Waals surface area contributed by atoms with E-state index in [0.717, 1.165) is 31.7 Å². The van der Waals surface area contributed by atoms with E-state index in [4.69, 9.17) is 5.73 Å². The van der Waals surface area contributed by atoms with E-state index in [0.29, 0.717) is 6.54 Å². The van der Waals surface area contributed by atoms with Crippen molar-refractivity contribution in [3.63, 3.8) is 0 Å². The number of carbonyl (C=O) groups excluding carboxylic acids is 1. The number of aromatic nitrogens is 1. The first kappa shape index (κ1) is 14.9. The smallest absolute Gasteiger partial charge is 0.239 e. The van der Waals surface area contributed by atoms with Crippen LogP contribution in [-0.2, 0) is 11.3 Å². The summed E-state index contributed by atoms with van der Waals surface area (Å²) in [6.07, 6.45) is 2.52. The normalized spacial score (nSPS) is 22.9. The Labute approximate surface area is 120 Å². The van der Waals surface area contributed by atoms with Gasteiger partial charge in [0, 0.05) is 38.4 Å². The fourth-order valence-corrected chi connectivity index (χ4v) is 2.82. The molecule has 1 saturated heterocycles. The molecule has 0 spiro atoms. The molecule has 1 fully saturated rings. The van der Waals surface area contributed by atoms with Crippen LogP contribution >= 0.6 is 0 Å². The minimum atomic E-state index is -0.105. The average Bonchev–Trinajstić information content (AvgIpc) is 2.82. The van der Waals surface area contributed by atoms with Gasteiger partial charge < -0.3 is 10.6 Å². The highest BCUT2D eigenvalue weighted by Crippen LogP contribution is 2.20. The highest BCUT2D eigenvalue weighted by Gasteiger charge is 2.36. The van der Waals surface area contributed by atoms with Gasteiger partial charge in [0.05, 0.1) is 11.7 Å². The molecular weight excluding hydrogens is 252 g/mol. The van der Waals surface area contributed by atoms with E-state index in [-0.39, 0.29) is 18.0 Å². The van der Waals surface area contributed by atoms with Crippen LogP contribution in [0.3, 0.4) is 0 Å². The van der Waals surface area contributed by atoms with Crippen molar-refractivity contribution >= 4 is 5.91 Å². The van der Waals surface area contributed by atoms with Gasteiger partial charge in [-0.15, -0.1) is 0 Å². The van der Waals surface area contributed by atoms with Crippen molar-refractivity contribution in [3.8, 4) is 0 Å². The molecule has 0 radical (unpaired) electrons. The van der Waals surface area contributed by atoms with Gasteiger partial charge in [0.15, 0.2) is 0 Å². The second-order valence-electron chi connectivity index (χ2n) is 5.27. The molecule has 2 atom stereocenters. The molecule has 0 aromatic carbocycles. The minimum Gasteiger partial charge on any atom is -0.342 e. The zero-order valence-electron chi connectivity index (χ0n) is 12.3. The number of pyridine rings is 1. The largest absolute Gasteiger partial charge is 0.342 e. The SMILES string of the molecule is CCN(CC)C(=O)[C@@H]1C[C@H](N)CN1Cc1ccccn1. The number of hydrogen-bond donors (Lipinski definition) is 1. The van der Waals surface area contributed by atoms with Crippen LogP contribution < -0.4 is 5.73 Å². The maximum atomic E-state index is 12.6. The molecule has 2 heterocycles. The van der Waals surface area contributed by atoms with Gasteiger partial charge in [0.25, 0.3) is 0 Å². The van der Waals surface area contributed by atoms with Crippen molar-refractivity contribution in [3.05, 3.63) is 30.1 Å². The third kappa shape index (κ3) is 3.35. The maximum absolute atomic E-state index is 12.6. The molecule has 110 valence electrons. The van der Waals surface area contributed by atoms with Crippen molar-refractivity contribution in [1.29, 1.82) is 0 Å². The first-order valence-corrected chi connectivity index (χ1v) is 7.34. The van der Waals surface area contributed by atoms with Crippen molar-refractivity contribution in [2.45, 2.75) is 38.9 Å². The predicted molar refractivity (Wildman–Crippen MR) is 79.0 cm³/mol. The molecule has 5 nitrogen and oxygen atoms in total. The Bertz CT molecular complexity index is 433. The molecule has 1 amide bonds. The highest BCUT2D eigenvalue weighted by molar-refractivity contribution is 5.82. The van der Waals surface area contributed by atoms with E-state index in [1.165, 1.54) is 0 Å². The Morgan fingerprint density at radius 1 is 1.45 bits per heavy atom. The molecule has 1 aromatic heterocycles. The summed E-state index contributed by atoms with van der Waals surface area (Å²) in [6.45, 7) is 6.97. The highest BCUT2D eigenvalue weighted by atomic mass is 16.2. The number of nitrogens with two attached hydrogens (primary N) is 1. The lowest BCUT2D eigenvalue weighted by molar-refractivity contribution is -0.135. The van der Waals surface area contributed by atoms with Crippen LogP contribution in [-0.4, -0.2) is 52.4 Å². The summed E-state index contributed by atoms with van der Waals surface area (Å²) in [5.74, 6) is 0.193. The molecular formula is C15H24N4O. The van der Waals surface area contributed by atoms with E-state index >= 15 is 0 Å². The number of nitrogens with zero attached hydrogens (tertiary/aromatic N) is 3. The molecule has 1 aliphatic heterocycles. The van der Waals surface area contributed by atoms with Gasteiger partial charge in [0.2, 0.25) is 5.91 Å². The van der Waals surface area contributed by atoms with Crippen LogP contribution in [0.1, 0.15) is 26.0 Å². The minimum absolute atomic E-state index is 0.0724. The molecule has 0 aliphatic carbocycles. The number of rotatable bonds is 5. The van der Waals surface area contributed by atoms with Crippen LogP contribution in [0.5, 0.6) is 0 Å². The van der Waals surface area contributed by atoms with Gasteiger partial charge in [-0.05, 0) is 32.4 Å². The molecule has 2 rings (SSSR count). The van der Waals surface area contributed by atoms with E-state index in [1.54, 1.807) is 6.20 Å². The Hall–Kier alpha value is -1.46. The first-order valence-electron chi connectivity index (χ1n) is 7.34. The van der Waals surface area contributed by atoms with Gasteiger partial charge in [-0.25, -0.2) is 0 Å². The molecule has 0 saturated carbocycles. The fraction of sp³-hybridized carbons (Fsp3) is 0.600. The van der Waals surface area contributed by atoms with Crippen LogP contribution in [0, 0.1) is 0 Å². The standard InChI is InChI=1S/C15H24N4O/c1-3-18(4-2)15(20)14-9-12(16)10-19(14)11-13-7-5-6-8-17-13/h5-8,12,14H,3-4,9-11,16H2,1-2H3/t12-,14-/m0/s1. The van der Waals surface area contributed by atoms with E-state index in [2.05, 4.69) is 9.88 Å². The number of carbonyl (C=O) groups is 1. The van der Waals surface area contributed by atoms with Crippen molar-refractivity contribution in [2.24, 2.45) is 5.73 Å². The molecule has 2 N–H and O–H groups in total. The monoisotopic (exact) mass is 276 g/mol. The van der Waals surface area contributed by atoms with Gasteiger partial charge in [-0.1, -0.05) is 6.07 Å². The molecule has 1 aromatic rings. The van der Waals surface area contributed by atoms with Gasteiger partial charge in [-0.2, -0.15) is 0 Å². The Morgan fingerprint density at radius 2 is 2.20 bits per heavy atom. The van der Waals surface area contributed by atoms with Gasteiger partial charge >= 0.3 is 0 Å². The first-order chi connectivity index (χ1) is 9.65. The third-order valence-electron chi connectivity index (χ3n) is 3.89. The van der Waals surface area contributed by atoms with Crippen LogP contribution in [0.2, 0.25) is 0 Å². The third-order valence-corrected chi connectivity index (χ3v) is 3.89. The van der Waals surface area contributed by atoms with Gasteiger partial charge in [0.1, 0.15) is 0 Å². The van der Waals surface area contributed by atoms with E-state index in [1.807, 2.05) is 36.9 Å². The Balaban J connectivity index is 2.08. The lowest BCUT2D eigenvalue weighted by Gasteiger charge is -2.28. The van der Waals surface area contributed by atoms with Gasteiger partial charge in [-0.3, -0.25) is 14.7 Å². The number of likely N-dealkylation sites (tertiary alicyclic amines) is 1. The lowest BCUT2D eigenvalue weighted by Crippen LogP contribution is -2.45. The van der Waals surface area contributed by atoms with Crippen LogP contribution in [0.25, 0.3) is 0 Å². The van der Waals surface area contributed by atoms with Crippen molar-refractivity contribution in [2.75, 3.05) is 19.6 Å². The lowest BCUT2D eigenvalue weighted by atomic mass is 10.1. The zero-order valence-corrected chi connectivity index (χ0v) is 12.3. The summed E-state index contributed by atoms with van der Waals surface area (Å²) in [5.41, 5.74) is 7.04. The topological polar surface area (TPSA) is 62.5 Å². The Morgan fingerprint density at radius 3 is 2.80 bits per heavy atom. The fourth-order valence-electron chi connectivity index (χ4n) is 2.82. The summed E-state index contributed by atoms with van der Waals surface area (Å²) >= 11 is 0. The molecule has 20 heavy (non-hydrogen) atoms. The summed E-state index contributed by atoms with van der Waals surface area (Å²) in [7, 11) is 0. The van der Waals surface area contributed by atoms with Crippen LogP contribution in [0.15, 0.2) is 24.4 Å². The number of amides is 1. The van der Waals surface area contributed by atoms with Crippen molar-refractivity contribution < 1.29 is 4.79 Å². The second kappa shape index (κ2) is 6.81. The number of likely N-dealkylation sites (N-methyl/N-ethyl adjacent to an activating group) is 1.